The number of nitrogens with zero attached hydrogens (tertiary/aromatic N) is 1. The first kappa shape index (κ1) is 23.9. The molecule has 1 saturated heterocycles. The Hall–Kier alpha value is -3.24. The van der Waals surface area contributed by atoms with Gasteiger partial charge in [0.25, 0.3) is 5.91 Å². The number of hydrogen-bond donors (Lipinski definition) is 2. The first-order valence-corrected chi connectivity index (χ1v) is 11.6. The number of carbonyl (C=O) groups excluding carboxylic acids is 2. The molecular weight excluding hydrogens is 467 g/mol. The highest BCUT2D eigenvalue weighted by Crippen LogP contribution is 2.32. The molecule has 2 heterocycles. The summed E-state index contributed by atoms with van der Waals surface area (Å²) in [6, 6.07) is 11.4. The van der Waals surface area contributed by atoms with Gasteiger partial charge >= 0.3 is 6.18 Å². The van der Waals surface area contributed by atoms with E-state index in [1.54, 1.807) is 29.6 Å². The zero-order chi connectivity index (χ0) is 24.1. The number of para-hydroxylation sites is 1. The summed E-state index contributed by atoms with van der Waals surface area (Å²) in [5.74, 6) is -0.659. The van der Waals surface area contributed by atoms with Crippen LogP contribution in [0.5, 0.6) is 0 Å². The SMILES string of the molecule is O=C(Cc1csc(-c2ccc(C(F)(F)F)cc2)n1)Nc1ccccc1C(=O)NCC1CCCO1. The van der Waals surface area contributed by atoms with E-state index in [0.717, 1.165) is 25.0 Å². The normalized spacial score (nSPS) is 15.8. The fourth-order valence-corrected chi connectivity index (χ4v) is 4.40. The van der Waals surface area contributed by atoms with E-state index in [4.69, 9.17) is 4.74 Å². The highest BCUT2D eigenvalue weighted by Gasteiger charge is 2.30. The lowest BCUT2D eigenvalue weighted by atomic mass is 10.1. The van der Waals surface area contributed by atoms with Gasteiger partial charge in [0, 0.05) is 24.1 Å². The van der Waals surface area contributed by atoms with Crippen molar-refractivity contribution in [1.29, 1.82) is 0 Å². The predicted octanol–water partition coefficient (Wildman–Crippen LogP) is 4.92. The number of anilines is 1. The molecule has 10 heteroatoms. The first-order valence-electron chi connectivity index (χ1n) is 10.7. The van der Waals surface area contributed by atoms with Crippen LogP contribution < -0.4 is 10.6 Å². The molecule has 2 N–H and O–H groups in total. The molecule has 1 aliphatic rings. The van der Waals surface area contributed by atoms with Gasteiger partial charge in [-0.3, -0.25) is 9.59 Å². The molecule has 0 saturated carbocycles. The summed E-state index contributed by atoms with van der Waals surface area (Å²) < 4.78 is 43.8. The summed E-state index contributed by atoms with van der Waals surface area (Å²) in [6.07, 6.45) is -2.55. The molecule has 6 nitrogen and oxygen atoms in total. The Morgan fingerprint density at radius 1 is 1.12 bits per heavy atom. The van der Waals surface area contributed by atoms with Crippen molar-refractivity contribution in [3.05, 3.63) is 70.7 Å². The van der Waals surface area contributed by atoms with E-state index in [1.165, 1.54) is 23.5 Å². The van der Waals surface area contributed by atoms with Crippen LogP contribution >= 0.6 is 11.3 Å². The smallest absolute Gasteiger partial charge is 0.376 e. The van der Waals surface area contributed by atoms with Crippen molar-refractivity contribution in [2.24, 2.45) is 0 Å². The molecule has 178 valence electrons. The van der Waals surface area contributed by atoms with Crippen molar-refractivity contribution >= 4 is 28.8 Å². The van der Waals surface area contributed by atoms with Crippen molar-refractivity contribution in [3.63, 3.8) is 0 Å². The molecule has 2 aromatic carbocycles. The Bertz CT molecular complexity index is 1160. The molecule has 1 fully saturated rings. The molecule has 1 atom stereocenters. The van der Waals surface area contributed by atoms with Gasteiger partial charge in [-0.2, -0.15) is 13.2 Å². The number of hydrogen-bond acceptors (Lipinski definition) is 5. The number of thiazole rings is 1. The number of carbonyl (C=O) groups is 2. The summed E-state index contributed by atoms with van der Waals surface area (Å²) in [5.41, 5.74) is 1.02. The number of ether oxygens (including phenoxy) is 1. The number of benzene rings is 2. The Morgan fingerprint density at radius 2 is 1.88 bits per heavy atom. The van der Waals surface area contributed by atoms with E-state index in [1.807, 2.05) is 0 Å². The van der Waals surface area contributed by atoms with Crippen molar-refractivity contribution in [3.8, 4) is 10.6 Å². The van der Waals surface area contributed by atoms with E-state index in [2.05, 4.69) is 15.6 Å². The highest BCUT2D eigenvalue weighted by molar-refractivity contribution is 7.13. The summed E-state index contributed by atoms with van der Waals surface area (Å²) in [5, 5.41) is 7.80. The second-order valence-corrected chi connectivity index (χ2v) is 8.69. The van der Waals surface area contributed by atoms with E-state index in [0.29, 0.717) is 40.7 Å². The van der Waals surface area contributed by atoms with Crippen molar-refractivity contribution in [2.45, 2.75) is 31.5 Å². The first-order chi connectivity index (χ1) is 16.3. The number of halogens is 3. The zero-order valence-corrected chi connectivity index (χ0v) is 18.8. The molecule has 1 unspecified atom stereocenters. The number of alkyl halides is 3. The van der Waals surface area contributed by atoms with Gasteiger partial charge in [-0.15, -0.1) is 11.3 Å². The molecule has 0 radical (unpaired) electrons. The molecule has 34 heavy (non-hydrogen) atoms. The average molecular weight is 490 g/mol. The minimum absolute atomic E-state index is 0.00855. The van der Waals surface area contributed by atoms with Crippen LogP contribution in [0.1, 0.15) is 34.5 Å². The molecule has 3 aromatic rings. The average Bonchev–Trinajstić information content (AvgIpc) is 3.49. The lowest BCUT2D eigenvalue weighted by Gasteiger charge is -2.13. The zero-order valence-electron chi connectivity index (χ0n) is 18.0. The fraction of sp³-hybridized carbons (Fsp3) is 0.292. The molecule has 1 aliphatic heterocycles. The van der Waals surface area contributed by atoms with E-state index < -0.39 is 11.7 Å². The third-order valence-corrected chi connectivity index (χ3v) is 6.25. The summed E-state index contributed by atoms with van der Waals surface area (Å²) in [4.78, 5) is 29.6. The standard InChI is InChI=1S/C24H22F3N3O3S/c25-24(26,27)16-9-7-15(8-10-16)23-29-17(14-34-23)12-21(31)30-20-6-2-1-5-19(20)22(32)28-13-18-4-3-11-33-18/h1-2,5-10,14,18H,3-4,11-13H2,(H,28,32)(H,30,31). The van der Waals surface area contributed by atoms with Gasteiger partial charge in [0.1, 0.15) is 5.01 Å². The van der Waals surface area contributed by atoms with Crippen LogP contribution in [0.4, 0.5) is 18.9 Å². The maximum atomic E-state index is 12.8. The van der Waals surface area contributed by atoms with Crippen LogP contribution in [0.2, 0.25) is 0 Å². The highest BCUT2D eigenvalue weighted by atomic mass is 32.1. The molecule has 0 spiro atoms. The topological polar surface area (TPSA) is 80.3 Å². The quantitative estimate of drug-likeness (QED) is 0.494. The third-order valence-electron chi connectivity index (χ3n) is 5.31. The lowest BCUT2D eigenvalue weighted by molar-refractivity contribution is -0.137. The number of amides is 2. The fourth-order valence-electron chi connectivity index (χ4n) is 3.58. The Morgan fingerprint density at radius 3 is 2.59 bits per heavy atom. The second kappa shape index (κ2) is 10.4. The number of rotatable bonds is 7. The van der Waals surface area contributed by atoms with E-state index >= 15 is 0 Å². The maximum absolute atomic E-state index is 12.8. The number of aromatic nitrogens is 1. The monoisotopic (exact) mass is 489 g/mol. The van der Waals surface area contributed by atoms with Gasteiger partial charge in [-0.05, 0) is 37.1 Å². The minimum atomic E-state index is -4.40. The van der Waals surface area contributed by atoms with E-state index in [9.17, 15) is 22.8 Å². The summed E-state index contributed by atoms with van der Waals surface area (Å²) >= 11 is 1.24. The van der Waals surface area contributed by atoms with Crippen LogP contribution in [0.15, 0.2) is 53.9 Å². The maximum Gasteiger partial charge on any atom is 0.416 e. The van der Waals surface area contributed by atoms with Gasteiger partial charge in [0.2, 0.25) is 5.91 Å². The molecule has 4 rings (SSSR count). The number of nitrogens with one attached hydrogen (secondary N) is 2. The van der Waals surface area contributed by atoms with Gasteiger partial charge in [-0.25, -0.2) is 4.98 Å². The molecule has 0 aliphatic carbocycles. The van der Waals surface area contributed by atoms with Crippen molar-refractivity contribution in [1.82, 2.24) is 10.3 Å². The van der Waals surface area contributed by atoms with Gasteiger partial charge in [-0.1, -0.05) is 24.3 Å². The second-order valence-electron chi connectivity index (χ2n) is 7.83. The predicted molar refractivity (Wildman–Crippen MR) is 123 cm³/mol. The Balaban J connectivity index is 1.37. The minimum Gasteiger partial charge on any atom is -0.376 e. The van der Waals surface area contributed by atoms with Crippen LogP contribution in [-0.4, -0.2) is 36.1 Å². The van der Waals surface area contributed by atoms with Crippen LogP contribution in [0.3, 0.4) is 0 Å². The Labute approximate surface area is 198 Å². The largest absolute Gasteiger partial charge is 0.416 e. The molecule has 2 amide bonds. The lowest BCUT2D eigenvalue weighted by Crippen LogP contribution is -2.32. The summed E-state index contributed by atoms with van der Waals surface area (Å²) in [6.45, 7) is 1.11. The van der Waals surface area contributed by atoms with Crippen molar-refractivity contribution < 1.29 is 27.5 Å². The van der Waals surface area contributed by atoms with Crippen LogP contribution in [0, 0.1) is 0 Å². The third kappa shape index (κ3) is 6.00. The van der Waals surface area contributed by atoms with Crippen LogP contribution in [-0.2, 0) is 22.1 Å². The van der Waals surface area contributed by atoms with Gasteiger partial charge in [0.15, 0.2) is 0 Å². The van der Waals surface area contributed by atoms with Crippen molar-refractivity contribution in [2.75, 3.05) is 18.5 Å². The van der Waals surface area contributed by atoms with E-state index in [-0.39, 0.29) is 24.3 Å². The van der Waals surface area contributed by atoms with Gasteiger partial charge < -0.3 is 15.4 Å². The Kier molecular flexibility index (Phi) is 7.28. The molecule has 0 bridgehead atoms. The summed E-state index contributed by atoms with van der Waals surface area (Å²) in [7, 11) is 0. The molecular formula is C24H22F3N3O3S. The van der Waals surface area contributed by atoms with Crippen LogP contribution in [0.25, 0.3) is 10.6 Å². The molecule has 1 aromatic heterocycles. The van der Waals surface area contributed by atoms with Gasteiger partial charge in [0.05, 0.1) is 35.0 Å².